The summed E-state index contributed by atoms with van der Waals surface area (Å²) in [5.41, 5.74) is 5.17. The zero-order valence-electron chi connectivity index (χ0n) is 14.6. The number of nitrogens with zero attached hydrogens (tertiary/aromatic N) is 2. The first kappa shape index (κ1) is 18.0. The Bertz CT molecular complexity index is 975. The molecular formula is C21H18ClN3OS. The highest BCUT2D eigenvalue weighted by Crippen LogP contribution is 2.27. The summed E-state index contributed by atoms with van der Waals surface area (Å²) in [6, 6.07) is 17.4. The molecule has 0 radical (unpaired) electrons. The number of halogens is 1. The summed E-state index contributed by atoms with van der Waals surface area (Å²) in [4.78, 5) is 12.2. The third kappa shape index (κ3) is 4.31. The third-order valence-corrected chi connectivity index (χ3v) is 5.77. The summed E-state index contributed by atoms with van der Waals surface area (Å²) in [6.07, 6.45) is 3.44. The predicted octanol–water partition coefficient (Wildman–Crippen LogP) is 5.02. The third-order valence-electron chi connectivity index (χ3n) is 4.52. The summed E-state index contributed by atoms with van der Waals surface area (Å²) >= 11 is 7.55. The maximum atomic E-state index is 12.2. The van der Waals surface area contributed by atoms with Crippen LogP contribution in [0.5, 0.6) is 0 Å². The number of carbonyl (C=O) groups is 1. The van der Waals surface area contributed by atoms with Crippen molar-refractivity contribution in [2.75, 3.05) is 11.1 Å². The minimum Gasteiger partial charge on any atom is -0.325 e. The van der Waals surface area contributed by atoms with E-state index in [2.05, 4.69) is 27.6 Å². The van der Waals surface area contributed by atoms with Gasteiger partial charge >= 0.3 is 0 Å². The molecule has 0 atom stereocenters. The number of aryl methyl sites for hydroxylation is 2. The summed E-state index contributed by atoms with van der Waals surface area (Å²) in [7, 11) is 0. The Hall–Kier alpha value is -2.37. The number of fused-ring (bicyclic) bond motifs is 1. The summed E-state index contributed by atoms with van der Waals surface area (Å²) in [5.74, 6) is 0.243. The summed E-state index contributed by atoms with van der Waals surface area (Å²) < 4.78 is 0. The largest absolute Gasteiger partial charge is 0.325 e. The second-order valence-electron chi connectivity index (χ2n) is 6.41. The van der Waals surface area contributed by atoms with Crippen molar-refractivity contribution in [1.82, 2.24) is 10.2 Å². The number of benzene rings is 2. The zero-order valence-corrected chi connectivity index (χ0v) is 16.2. The molecule has 1 heterocycles. The SMILES string of the molecule is O=C(CSc1ccc(-c2ccccc2Cl)nn1)Nc1ccc2c(c1)CCC2. The van der Waals surface area contributed by atoms with Crippen LogP contribution in [-0.2, 0) is 17.6 Å². The van der Waals surface area contributed by atoms with Crippen LogP contribution in [0.25, 0.3) is 11.3 Å². The van der Waals surface area contributed by atoms with E-state index in [1.807, 2.05) is 42.5 Å². The quantitative estimate of drug-likeness (QED) is 0.616. The maximum Gasteiger partial charge on any atom is 0.234 e. The molecule has 0 aliphatic heterocycles. The molecule has 136 valence electrons. The van der Waals surface area contributed by atoms with Gasteiger partial charge in [0.1, 0.15) is 5.03 Å². The lowest BCUT2D eigenvalue weighted by molar-refractivity contribution is -0.113. The van der Waals surface area contributed by atoms with E-state index >= 15 is 0 Å². The number of nitrogens with one attached hydrogen (secondary N) is 1. The Morgan fingerprint density at radius 2 is 1.89 bits per heavy atom. The van der Waals surface area contributed by atoms with Gasteiger partial charge in [-0.05, 0) is 60.7 Å². The van der Waals surface area contributed by atoms with Crippen LogP contribution in [0.2, 0.25) is 5.02 Å². The molecule has 1 amide bonds. The van der Waals surface area contributed by atoms with E-state index in [0.717, 1.165) is 24.1 Å². The Kier molecular flexibility index (Phi) is 5.41. The standard InChI is InChI=1S/C21H18ClN3OS/c22-18-7-2-1-6-17(18)19-10-11-21(25-24-19)27-13-20(26)23-16-9-8-14-4-3-5-15(14)12-16/h1-2,6-12H,3-5,13H2,(H,23,26). The first-order valence-corrected chi connectivity index (χ1v) is 10.2. The van der Waals surface area contributed by atoms with Gasteiger partial charge in [0.25, 0.3) is 0 Å². The first-order valence-electron chi connectivity index (χ1n) is 8.82. The van der Waals surface area contributed by atoms with Gasteiger partial charge in [-0.2, -0.15) is 0 Å². The molecule has 1 aliphatic rings. The highest BCUT2D eigenvalue weighted by molar-refractivity contribution is 7.99. The van der Waals surface area contributed by atoms with Gasteiger partial charge in [0.15, 0.2) is 0 Å². The lowest BCUT2D eigenvalue weighted by Gasteiger charge is -2.07. The molecule has 0 spiro atoms. The van der Waals surface area contributed by atoms with Gasteiger partial charge in [0, 0.05) is 11.3 Å². The monoisotopic (exact) mass is 395 g/mol. The molecule has 6 heteroatoms. The van der Waals surface area contributed by atoms with Crippen LogP contribution in [0.15, 0.2) is 59.6 Å². The first-order chi connectivity index (χ1) is 13.2. The van der Waals surface area contributed by atoms with Crippen molar-refractivity contribution in [3.63, 3.8) is 0 Å². The lowest BCUT2D eigenvalue weighted by Crippen LogP contribution is -2.14. The van der Waals surface area contributed by atoms with Gasteiger partial charge in [-0.25, -0.2) is 0 Å². The van der Waals surface area contributed by atoms with Crippen molar-refractivity contribution >= 4 is 35.0 Å². The molecule has 0 fully saturated rings. The van der Waals surface area contributed by atoms with Gasteiger partial charge in [-0.15, -0.1) is 10.2 Å². The predicted molar refractivity (Wildman–Crippen MR) is 110 cm³/mol. The number of thioether (sulfide) groups is 1. The van der Waals surface area contributed by atoms with Crippen LogP contribution in [0, 0.1) is 0 Å². The Morgan fingerprint density at radius 1 is 1.04 bits per heavy atom. The van der Waals surface area contributed by atoms with Crippen molar-refractivity contribution in [3.8, 4) is 11.3 Å². The lowest BCUT2D eigenvalue weighted by atomic mass is 10.1. The molecule has 2 aromatic carbocycles. The highest BCUT2D eigenvalue weighted by atomic mass is 35.5. The van der Waals surface area contributed by atoms with E-state index in [1.54, 1.807) is 0 Å². The minimum absolute atomic E-state index is 0.0464. The normalized spacial score (nSPS) is 12.6. The molecule has 1 aromatic heterocycles. The van der Waals surface area contributed by atoms with Crippen molar-refractivity contribution < 1.29 is 4.79 Å². The second kappa shape index (κ2) is 8.11. The molecule has 0 unspecified atom stereocenters. The van der Waals surface area contributed by atoms with Crippen molar-refractivity contribution in [2.24, 2.45) is 0 Å². The van der Waals surface area contributed by atoms with Crippen molar-refractivity contribution in [2.45, 2.75) is 24.3 Å². The Morgan fingerprint density at radius 3 is 2.70 bits per heavy atom. The van der Waals surface area contributed by atoms with Crippen LogP contribution >= 0.6 is 23.4 Å². The number of amides is 1. The molecule has 4 nitrogen and oxygen atoms in total. The van der Waals surface area contributed by atoms with Crippen LogP contribution in [0.3, 0.4) is 0 Å². The van der Waals surface area contributed by atoms with E-state index in [1.165, 1.54) is 29.3 Å². The molecule has 0 bridgehead atoms. The minimum atomic E-state index is -0.0464. The molecule has 0 saturated heterocycles. The van der Waals surface area contributed by atoms with Gasteiger partial charge < -0.3 is 5.32 Å². The van der Waals surface area contributed by atoms with Crippen LogP contribution < -0.4 is 5.32 Å². The Labute approximate surface area is 167 Å². The van der Waals surface area contributed by atoms with E-state index in [0.29, 0.717) is 15.7 Å². The number of aromatic nitrogens is 2. The fraction of sp³-hybridized carbons (Fsp3) is 0.190. The van der Waals surface area contributed by atoms with Crippen LogP contribution in [0.1, 0.15) is 17.5 Å². The number of anilines is 1. The summed E-state index contributed by atoms with van der Waals surface area (Å²) in [6.45, 7) is 0. The molecule has 0 saturated carbocycles. The molecule has 3 aromatic rings. The molecule has 27 heavy (non-hydrogen) atoms. The topological polar surface area (TPSA) is 54.9 Å². The van der Waals surface area contributed by atoms with Gasteiger partial charge in [0.05, 0.1) is 16.5 Å². The molecule has 1 aliphatic carbocycles. The fourth-order valence-electron chi connectivity index (χ4n) is 3.20. The van der Waals surface area contributed by atoms with E-state index in [4.69, 9.17) is 11.6 Å². The maximum absolute atomic E-state index is 12.2. The average Bonchev–Trinajstić information content (AvgIpc) is 3.15. The number of rotatable bonds is 5. The zero-order chi connectivity index (χ0) is 18.6. The average molecular weight is 396 g/mol. The van der Waals surface area contributed by atoms with E-state index < -0.39 is 0 Å². The van der Waals surface area contributed by atoms with Gasteiger partial charge in [0.2, 0.25) is 5.91 Å². The van der Waals surface area contributed by atoms with Gasteiger partial charge in [-0.1, -0.05) is 47.6 Å². The summed E-state index contributed by atoms with van der Waals surface area (Å²) in [5, 5.41) is 12.7. The number of hydrogen-bond acceptors (Lipinski definition) is 4. The Balaban J connectivity index is 1.34. The second-order valence-corrected chi connectivity index (χ2v) is 7.81. The fourth-order valence-corrected chi connectivity index (χ4v) is 4.04. The van der Waals surface area contributed by atoms with Crippen LogP contribution in [0.4, 0.5) is 5.69 Å². The molecule has 1 N–H and O–H groups in total. The highest BCUT2D eigenvalue weighted by Gasteiger charge is 2.12. The number of carbonyl (C=O) groups excluding carboxylic acids is 1. The van der Waals surface area contributed by atoms with Crippen LogP contribution in [-0.4, -0.2) is 21.9 Å². The van der Waals surface area contributed by atoms with E-state index in [9.17, 15) is 4.79 Å². The van der Waals surface area contributed by atoms with Gasteiger partial charge in [-0.3, -0.25) is 4.79 Å². The smallest absolute Gasteiger partial charge is 0.234 e. The molecular weight excluding hydrogens is 378 g/mol. The number of hydrogen-bond donors (Lipinski definition) is 1. The van der Waals surface area contributed by atoms with Crippen molar-refractivity contribution in [3.05, 3.63) is 70.7 Å². The molecule has 4 rings (SSSR count). The van der Waals surface area contributed by atoms with E-state index in [-0.39, 0.29) is 11.7 Å². The van der Waals surface area contributed by atoms with Crippen molar-refractivity contribution in [1.29, 1.82) is 0 Å².